The number of hydrogen-bond donors (Lipinski definition) is 1. The van der Waals surface area contributed by atoms with Crippen molar-refractivity contribution in [2.45, 2.75) is 5.16 Å². The standard InChI is InChI=1S/C20H15Cl2N3O3S/c1-27-14-5-2-12(3-6-14)18-15(11-23)19(26)25-20(24-18)29-9-8-28-17-7-4-13(21)10-16(17)22/h2-7,10H,8-9H2,1H3,(H,24,25,26). The van der Waals surface area contributed by atoms with Gasteiger partial charge in [-0.05, 0) is 42.5 Å². The van der Waals surface area contributed by atoms with Crippen molar-refractivity contribution >= 4 is 35.0 Å². The van der Waals surface area contributed by atoms with E-state index in [0.717, 1.165) is 0 Å². The summed E-state index contributed by atoms with van der Waals surface area (Å²) in [5.74, 6) is 1.71. The van der Waals surface area contributed by atoms with Gasteiger partial charge >= 0.3 is 0 Å². The van der Waals surface area contributed by atoms with Crippen molar-refractivity contribution in [2.75, 3.05) is 19.5 Å². The molecule has 0 atom stereocenters. The van der Waals surface area contributed by atoms with Gasteiger partial charge in [0.15, 0.2) is 5.16 Å². The van der Waals surface area contributed by atoms with Crippen molar-refractivity contribution in [3.05, 3.63) is 68.4 Å². The zero-order valence-corrected chi connectivity index (χ0v) is 17.6. The van der Waals surface area contributed by atoms with Gasteiger partial charge in [-0.2, -0.15) is 5.26 Å². The van der Waals surface area contributed by atoms with Crippen LogP contribution in [0.25, 0.3) is 11.3 Å². The predicted molar refractivity (Wildman–Crippen MR) is 114 cm³/mol. The predicted octanol–water partition coefficient (Wildman–Crippen LogP) is 4.80. The highest BCUT2D eigenvalue weighted by molar-refractivity contribution is 7.99. The molecule has 0 aliphatic rings. The molecule has 3 rings (SSSR count). The Bertz CT molecular complexity index is 1110. The van der Waals surface area contributed by atoms with Crippen molar-refractivity contribution in [3.63, 3.8) is 0 Å². The molecule has 0 saturated carbocycles. The quantitative estimate of drug-likeness (QED) is 0.318. The zero-order valence-electron chi connectivity index (χ0n) is 15.2. The molecule has 2 aromatic carbocycles. The van der Waals surface area contributed by atoms with Gasteiger partial charge in [-0.3, -0.25) is 4.79 Å². The molecule has 0 bridgehead atoms. The minimum Gasteiger partial charge on any atom is -0.497 e. The van der Waals surface area contributed by atoms with E-state index in [0.29, 0.717) is 50.3 Å². The lowest BCUT2D eigenvalue weighted by molar-refractivity contribution is 0.344. The Morgan fingerprint density at radius 3 is 2.62 bits per heavy atom. The number of benzene rings is 2. The monoisotopic (exact) mass is 447 g/mol. The lowest BCUT2D eigenvalue weighted by Crippen LogP contribution is -2.15. The van der Waals surface area contributed by atoms with Crippen molar-refractivity contribution in [1.29, 1.82) is 5.26 Å². The van der Waals surface area contributed by atoms with Gasteiger partial charge in [-0.25, -0.2) is 4.98 Å². The van der Waals surface area contributed by atoms with E-state index >= 15 is 0 Å². The fourth-order valence-corrected chi connectivity index (χ4v) is 3.61. The lowest BCUT2D eigenvalue weighted by Gasteiger charge is -2.09. The molecule has 0 radical (unpaired) electrons. The number of aromatic amines is 1. The smallest absolute Gasteiger partial charge is 0.270 e. The highest BCUT2D eigenvalue weighted by Gasteiger charge is 2.14. The van der Waals surface area contributed by atoms with Crippen LogP contribution in [0.15, 0.2) is 52.4 Å². The van der Waals surface area contributed by atoms with Crippen molar-refractivity contribution in [2.24, 2.45) is 0 Å². The first-order chi connectivity index (χ1) is 14.0. The van der Waals surface area contributed by atoms with Gasteiger partial charge in [0.05, 0.1) is 24.4 Å². The molecule has 1 aromatic heterocycles. The van der Waals surface area contributed by atoms with Gasteiger partial charge in [-0.15, -0.1) is 0 Å². The van der Waals surface area contributed by atoms with E-state index in [2.05, 4.69) is 9.97 Å². The summed E-state index contributed by atoms with van der Waals surface area (Å²) in [4.78, 5) is 19.4. The number of thioether (sulfide) groups is 1. The first-order valence-electron chi connectivity index (χ1n) is 8.41. The SMILES string of the molecule is COc1ccc(-c2nc(SCCOc3ccc(Cl)cc3Cl)[nH]c(=O)c2C#N)cc1. The van der Waals surface area contributed by atoms with Gasteiger partial charge in [-0.1, -0.05) is 35.0 Å². The van der Waals surface area contributed by atoms with Gasteiger partial charge in [0.1, 0.15) is 23.1 Å². The molecule has 29 heavy (non-hydrogen) atoms. The number of nitrogens with zero attached hydrogens (tertiary/aromatic N) is 2. The first-order valence-corrected chi connectivity index (χ1v) is 10.2. The molecule has 0 spiro atoms. The van der Waals surface area contributed by atoms with E-state index in [9.17, 15) is 10.1 Å². The normalized spacial score (nSPS) is 10.4. The summed E-state index contributed by atoms with van der Waals surface area (Å²) in [5.41, 5.74) is 0.448. The van der Waals surface area contributed by atoms with Crippen LogP contribution in [0.3, 0.4) is 0 Å². The molecule has 9 heteroatoms. The van der Waals surface area contributed by atoms with Gasteiger partial charge in [0, 0.05) is 16.3 Å². The Morgan fingerprint density at radius 2 is 1.97 bits per heavy atom. The first kappa shape index (κ1) is 21.1. The Balaban J connectivity index is 1.73. The average Bonchev–Trinajstić information content (AvgIpc) is 2.72. The summed E-state index contributed by atoms with van der Waals surface area (Å²) in [6.07, 6.45) is 0. The number of nitriles is 1. The van der Waals surface area contributed by atoms with E-state index in [1.807, 2.05) is 6.07 Å². The van der Waals surface area contributed by atoms with Crippen molar-refractivity contribution in [1.82, 2.24) is 9.97 Å². The number of ether oxygens (including phenoxy) is 2. The van der Waals surface area contributed by atoms with E-state index < -0.39 is 5.56 Å². The topological polar surface area (TPSA) is 88.0 Å². The number of nitrogens with one attached hydrogen (secondary N) is 1. The second-order valence-corrected chi connectivity index (χ2v) is 7.63. The molecule has 3 aromatic rings. The number of aromatic nitrogens is 2. The third kappa shape index (κ3) is 5.24. The second-order valence-electron chi connectivity index (χ2n) is 5.71. The summed E-state index contributed by atoms with van der Waals surface area (Å²) in [5, 5.41) is 10.7. The summed E-state index contributed by atoms with van der Waals surface area (Å²) >= 11 is 13.2. The van der Waals surface area contributed by atoms with E-state index in [1.165, 1.54) is 11.8 Å². The van der Waals surface area contributed by atoms with Gasteiger partial charge < -0.3 is 14.5 Å². The Morgan fingerprint density at radius 1 is 1.21 bits per heavy atom. The van der Waals surface area contributed by atoms with Gasteiger partial charge in [0.25, 0.3) is 5.56 Å². The largest absolute Gasteiger partial charge is 0.497 e. The Kier molecular flexibility index (Phi) is 7.04. The lowest BCUT2D eigenvalue weighted by atomic mass is 10.1. The summed E-state index contributed by atoms with van der Waals surface area (Å²) < 4.78 is 10.8. The van der Waals surface area contributed by atoms with Crippen LogP contribution >= 0.6 is 35.0 Å². The fraction of sp³-hybridized carbons (Fsp3) is 0.150. The van der Waals surface area contributed by atoms with Crippen LogP contribution in [0.1, 0.15) is 5.56 Å². The van der Waals surface area contributed by atoms with Crippen molar-refractivity contribution < 1.29 is 9.47 Å². The zero-order chi connectivity index (χ0) is 20.8. The van der Waals surface area contributed by atoms with Crippen LogP contribution in [0.5, 0.6) is 11.5 Å². The number of methoxy groups -OCH3 is 1. The second kappa shape index (κ2) is 9.70. The van der Waals surface area contributed by atoms with E-state index in [-0.39, 0.29) is 5.56 Å². The summed E-state index contributed by atoms with van der Waals surface area (Å²) in [7, 11) is 1.56. The van der Waals surface area contributed by atoms with Crippen LogP contribution in [0.2, 0.25) is 10.0 Å². The number of halogens is 2. The third-order valence-corrected chi connectivity index (χ3v) is 5.21. The highest BCUT2D eigenvalue weighted by atomic mass is 35.5. The van der Waals surface area contributed by atoms with Crippen LogP contribution in [-0.2, 0) is 0 Å². The molecule has 148 valence electrons. The number of rotatable bonds is 7. The van der Waals surface area contributed by atoms with Crippen LogP contribution in [0, 0.1) is 11.3 Å². The molecule has 0 fully saturated rings. The Labute approximate surface area is 181 Å². The number of hydrogen-bond acceptors (Lipinski definition) is 6. The summed E-state index contributed by atoms with van der Waals surface area (Å²) in [6.45, 7) is 0.341. The molecular formula is C20H15Cl2N3O3S. The molecule has 1 heterocycles. The average molecular weight is 448 g/mol. The van der Waals surface area contributed by atoms with E-state index in [4.69, 9.17) is 32.7 Å². The maximum atomic E-state index is 12.3. The molecular weight excluding hydrogens is 433 g/mol. The Hall–Kier alpha value is -2.66. The minimum absolute atomic E-state index is 0.0382. The molecule has 1 N–H and O–H groups in total. The molecule has 0 aliphatic carbocycles. The number of H-pyrrole nitrogens is 1. The summed E-state index contributed by atoms with van der Waals surface area (Å²) in [6, 6.07) is 13.9. The highest BCUT2D eigenvalue weighted by Crippen LogP contribution is 2.28. The molecule has 0 saturated heterocycles. The van der Waals surface area contributed by atoms with E-state index in [1.54, 1.807) is 49.6 Å². The maximum absolute atomic E-state index is 12.3. The molecule has 0 aliphatic heterocycles. The third-order valence-electron chi connectivity index (χ3n) is 3.85. The maximum Gasteiger partial charge on any atom is 0.270 e. The fourth-order valence-electron chi connectivity index (χ4n) is 2.46. The van der Waals surface area contributed by atoms with Crippen LogP contribution < -0.4 is 15.0 Å². The van der Waals surface area contributed by atoms with Gasteiger partial charge in [0.2, 0.25) is 0 Å². The molecule has 0 amide bonds. The van der Waals surface area contributed by atoms with Crippen molar-refractivity contribution in [3.8, 4) is 28.8 Å². The van der Waals surface area contributed by atoms with Crippen LogP contribution in [-0.4, -0.2) is 29.4 Å². The molecule has 0 unspecified atom stereocenters. The molecule has 6 nitrogen and oxygen atoms in total. The minimum atomic E-state index is -0.488. The van der Waals surface area contributed by atoms with Crippen LogP contribution in [0.4, 0.5) is 0 Å².